The van der Waals surface area contributed by atoms with Gasteiger partial charge in [0.15, 0.2) is 5.44 Å². The van der Waals surface area contributed by atoms with Crippen molar-refractivity contribution in [3.05, 3.63) is 89.6 Å². The number of anilines is 1. The van der Waals surface area contributed by atoms with Crippen molar-refractivity contribution in [2.45, 2.75) is 30.7 Å². The van der Waals surface area contributed by atoms with Crippen LogP contribution in [-0.2, 0) is 30.9 Å². The predicted octanol–water partition coefficient (Wildman–Crippen LogP) is 4.19. The maximum atomic E-state index is 12.9. The van der Waals surface area contributed by atoms with Gasteiger partial charge in [-0.3, -0.25) is 18.8 Å². The molecule has 10 nitrogen and oxygen atoms in total. The molecule has 1 aliphatic rings. The van der Waals surface area contributed by atoms with Gasteiger partial charge in [0.05, 0.1) is 23.8 Å². The van der Waals surface area contributed by atoms with Gasteiger partial charge in [0.25, 0.3) is 21.2 Å². The number of rotatable bonds is 11. The molecule has 0 N–H and O–H groups in total. The van der Waals surface area contributed by atoms with Gasteiger partial charge in [-0.25, -0.2) is 13.4 Å². The molecule has 0 radical (unpaired) electrons. The van der Waals surface area contributed by atoms with E-state index >= 15 is 0 Å². The molecule has 1 unspecified atom stereocenters. The monoisotopic (exact) mass is 568 g/mol. The number of aryl methyl sites for hydroxylation is 1. The molecule has 4 rings (SSSR count). The van der Waals surface area contributed by atoms with E-state index in [9.17, 15) is 18.0 Å². The molecule has 2 aromatic carbocycles. The Bertz CT molecular complexity index is 1450. The summed E-state index contributed by atoms with van der Waals surface area (Å²) in [6.07, 6.45) is 1.51. The van der Waals surface area contributed by atoms with Gasteiger partial charge in [0.1, 0.15) is 12.4 Å². The second-order valence-electron chi connectivity index (χ2n) is 8.70. The number of hydrogen-bond donors (Lipinski definition) is 0. The summed E-state index contributed by atoms with van der Waals surface area (Å²) in [5.74, 6) is -0.134. The standard InChI is InChI=1S/C27H28N4O6S2/c1-19-9-12-23(13-10-19)39(34,35)30(3)24-14-11-22(17-28-24)20(2)29-37-16-15-36-26-25(32)31(27(33)38-26)18-21-7-5-4-6-8-21/h4-14,17,26H,15-16,18H2,1-3H3. The van der Waals surface area contributed by atoms with Crippen LogP contribution in [0.5, 0.6) is 0 Å². The fraction of sp³-hybridized carbons (Fsp3) is 0.259. The topological polar surface area (TPSA) is 118 Å². The Balaban J connectivity index is 1.26. The number of amides is 2. The van der Waals surface area contributed by atoms with Gasteiger partial charge < -0.3 is 9.57 Å². The number of pyridine rings is 1. The Kier molecular flexibility index (Phi) is 9.00. The molecular formula is C27H28N4O6S2. The van der Waals surface area contributed by atoms with Crippen molar-refractivity contribution >= 4 is 44.5 Å². The molecule has 12 heteroatoms. The lowest BCUT2D eigenvalue weighted by Gasteiger charge is -2.18. The molecule has 1 aliphatic heterocycles. The van der Waals surface area contributed by atoms with Gasteiger partial charge in [-0.15, -0.1) is 0 Å². The van der Waals surface area contributed by atoms with E-state index in [2.05, 4.69) is 10.1 Å². The summed E-state index contributed by atoms with van der Waals surface area (Å²) in [6.45, 7) is 3.94. The summed E-state index contributed by atoms with van der Waals surface area (Å²) in [5.41, 5.74) is 2.07. The van der Waals surface area contributed by atoms with E-state index in [-0.39, 0.29) is 35.7 Å². The van der Waals surface area contributed by atoms with Crippen molar-refractivity contribution in [2.24, 2.45) is 5.16 Å². The summed E-state index contributed by atoms with van der Waals surface area (Å²) in [4.78, 5) is 35.7. The van der Waals surface area contributed by atoms with E-state index in [1.807, 2.05) is 37.3 Å². The molecule has 2 amide bonds. The first-order chi connectivity index (χ1) is 18.7. The number of nitrogens with zero attached hydrogens (tertiary/aromatic N) is 4. The number of thioether (sulfide) groups is 1. The number of sulfonamides is 1. The van der Waals surface area contributed by atoms with E-state index < -0.39 is 21.4 Å². The molecule has 1 atom stereocenters. The highest BCUT2D eigenvalue weighted by Crippen LogP contribution is 2.29. The molecule has 39 heavy (non-hydrogen) atoms. The zero-order chi connectivity index (χ0) is 28.0. The predicted molar refractivity (Wildman–Crippen MR) is 149 cm³/mol. The molecule has 1 fully saturated rings. The van der Waals surface area contributed by atoms with Crippen LogP contribution in [0.1, 0.15) is 23.6 Å². The molecule has 2 heterocycles. The van der Waals surface area contributed by atoms with Crippen molar-refractivity contribution in [3.8, 4) is 0 Å². The Morgan fingerprint density at radius 1 is 1.05 bits per heavy atom. The number of ether oxygens (including phenoxy) is 1. The van der Waals surface area contributed by atoms with Crippen LogP contribution in [0.15, 0.2) is 83.0 Å². The average molecular weight is 569 g/mol. The van der Waals surface area contributed by atoms with Gasteiger partial charge in [-0.2, -0.15) is 0 Å². The Hall–Kier alpha value is -3.74. The zero-order valence-corrected chi connectivity index (χ0v) is 23.3. The Labute approximate surface area is 231 Å². The maximum Gasteiger partial charge on any atom is 0.291 e. The highest BCUT2D eigenvalue weighted by Gasteiger charge is 2.40. The number of aromatic nitrogens is 1. The summed E-state index contributed by atoms with van der Waals surface area (Å²) in [6, 6.07) is 19.2. The second kappa shape index (κ2) is 12.4. The quantitative estimate of drug-likeness (QED) is 0.192. The maximum absolute atomic E-state index is 12.9. The van der Waals surface area contributed by atoms with E-state index in [0.29, 0.717) is 11.3 Å². The number of benzene rings is 2. The minimum absolute atomic E-state index is 0.0610. The van der Waals surface area contributed by atoms with Crippen molar-refractivity contribution in [3.63, 3.8) is 0 Å². The number of carbonyl (C=O) groups excluding carboxylic acids is 2. The third kappa shape index (κ3) is 6.83. The number of oxime groups is 1. The van der Waals surface area contributed by atoms with Crippen LogP contribution in [0, 0.1) is 6.92 Å². The smallest absolute Gasteiger partial charge is 0.291 e. The van der Waals surface area contributed by atoms with Crippen LogP contribution in [0.4, 0.5) is 10.6 Å². The fourth-order valence-electron chi connectivity index (χ4n) is 3.60. The van der Waals surface area contributed by atoms with Crippen molar-refractivity contribution in [1.29, 1.82) is 0 Å². The summed E-state index contributed by atoms with van der Waals surface area (Å²) in [5, 5.41) is 3.69. The Morgan fingerprint density at radius 2 is 1.77 bits per heavy atom. The lowest BCUT2D eigenvalue weighted by atomic mass is 10.2. The molecule has 1 aromatic heterocycles. The highest BCUT2D eigenvalue weighted by molar-refractivity contribution is 8.15. The second-order valence-corrected chi connectivity index (χ2v) is 11.7. The van der Waals surface area contributed by atoms with Crippen LogP contribution in [0.3, 0.4) is 0 Å². The normalized spacial score (nSPS) is 16.0. The molecule has 3 aromatic rings. The van der Waals surface area contributed by atoms with Crippen LogP contribution >= 0.6 is 11.8 Å². The Morgan fingerprint density at radius 3 is 2.44 bits per heavy atom. The molecule has 204 valence electrons. The van der Waals surface area contributed by atoms with Gasteiger partial charge in [-0.05, 0) is 55.4 Å². The third-order valence-electron chi connectivity index (χ3n) is 5.89. The summed E-state index contributed by atoms with van der Waals surface area (Å²) in [7, 11) is -2.30. The molecular weight excluding hydrogens is 540 g/mol. The minimum atomic E-state index is -3.74. The molecule has 0 bridgehead atoms. The largest absolute Gasteiger partial charge is 0.393 e. The van der Waals surface area contributed by atoms with E-state index in [4.69, 9.17) is 9.57 Å². The lowest BCUT2D eigenvalue weighted by molar-refractivity contribution is -0.134. The van der Waals surface area contributed by atoms with Crippen molar-refractivity contribution in [1.82, 2.24) is 9.88 Å². The van der Waals surface area contributed by atoms with Crippen LogP contribution in [-0.4, -0.2) is 60.9 Å². The SMILES string of the molecule is CC(=NOCCOC1SC(=O)N(Cc2ccccc2)C1=O)c1ccc(N(C)S(=O)(=O)c2ccc(C)cc2)nc1. The lowest BCUT2D eigenvalue weighted by Crippen LogP contribution is -2.32. The number of carbonyl (C=O) groups is 2. The van der Waals surface area contributed by atoms with E-state index in [1.165, 1.54) is 18.1 Å². The summed E-state index contributed by atoms with van der Waals surface area (Å²) >= 11 is 0.835. The van der Waals surface area contributed by atoms with Crippen molar-refractivity contribution < 1.29 is 27.6 Å². The first-order valence-electron chi connectivity index (χ1n) is 12.0. The molecule has 0 aliphatic carbocycles. The minimum Gasteiger partial charge on any atom is -0.393 e. The van der Waals surface area contributed by atoms with Gasteiger partial charge in [-0.1, -0.05) is 53.2 Å². The molecule has 0 saturated carbocycles. The van der Waals surface area contributed by atoms with E-state index in [1.54, 1.807) is 43.3 Å². The first kappa shape index (κ1) is 28.3. The van der Waals surface area contributed by atoms with Gasteiger partial charge in [0.2, 0.25) is 0 Å². The first-order valence-corrected chi connectivity index (χ1v) is 14.3. The third-order valence-corrected chi connectivity index (χ3v) is 8.64. The fourth-order valence-corrected chi connectivity index (χ4v) is 5.61. The van der Waals surface area contributed by atoms with Gasteiger partial charge >= 0.3 is 0 Å². The van der Waals surface area contributed by atoms with Crippen LogP contribution < -0.4 is 4.31 Å². The zero-order valence-electron chi connectivity index (χ0n) is 21.7. The van der Waals surface area contributed by atoms with Crippen LogP contribution in [0.25, 0.3) is 0 Å². The molecule has 1 saturated heterocycles. The highest BCUT2D eigenvalue weighted by atomic mass is 32.2. The van der Waals surface area contributed by atoms with Crippen LogP contribution in [0.2, 0.25) is 0 Å². The number of imide groups is 1. The average Bonchev–Trinajstić information content (AvgIpc) is 3.20. The van der Waals surface area contributed by atoms with Gasteiger partial charge in [0, 0.05) is 18.8 Å². The number of hydrogen-bond acceptors (Lipinski definition) is 9. The summed E-state index contributed by atoms with van der Waals surface area (Å²) < 4.78 is 32.4. The van der Waals surface area contributed by atoms with E-state index in [0.717, 1.165) is 27.2 Å². The van der Waals surface area contributed by atoms with Crippen molar-refractivity contribution in [2.75, 3.05) is 24.6 Å². The molecule has 0 spiro atoms.